The topological polar surface area (TPSA) is 99.4 Å². The van der Waals surface area contributed by atoms with Gasteiger partial charge in [-0.15, -0.1) is 0 Å². The molecule has 28 heavy (non-hydrogen) atoms. The molecule has 3 aromatic heterocycles. The highest BCUT2D eigenvalue weighted by atomic mass is 35.5. The zero-order chi connectivity index (χ0) is 20.5. The van der Waals surface area contributed by atoms with Crippen molar-refractivity contribution >= 4 is 17.5 Å². The van der Waals surface area contributed by atoms with E-state index in [1.54, 1.807) is 13.8 Å². The van der Waals surface area contributed by atoms with E-state index >= 15 is 0 Å². The maximum Gasteiger partial charge on any atom is 0.433 e. The molecule has 11 heteroatoms. The first-order chi connectivity index (χ1) is 13.2. The lowest BCUT2D eigenvalue weighted by Crippen LogP contribution is -2.28. The minimum absolute atomic E-state index is 0.233. The summed E-state index contributed by atoms with van der Waals surface area (Å²) < 4.78 is 37.9. The monoisotopic (exact) mass is 412 g/mol. The van der Waals surface area contributed by atoms with Crippen molar-refractivity contribution in [3.63, 3.8) is 0 Å². The van der Waals surface area contributed by atoms with Gasteiger partial charge in [-0.2, -0.15) is 18.3 Å². The summed E-state index contributed by atoms with van der Waals surface area (Å²) in [6, 6.07) is 1.85. The second-order valence-corrected chi connectivity index (χ2v) is 6.59. The molecule has 148 valence electrons. The van der Waals surface area contributed by atoms with Gasteiger partial charge in [-0.3, -0.25) is 14.9 Å². The third kappa shape index (κ3) is 4.16. The van der Waals surface area contributed by atoms with Crippen LogP contribution in [0.15, 0.2) is 24.7 Å². The number of nitrogens with zero attached hydrogens (tertiary/aromatic N) is 3. The van der Waals surface area contributed by atoms with Crippen LogP contribution in [0.5, 0.6) is 0 Å². The molecule has 3 N–H and O–H groups in total. The number of rotatable bonds is 5. The fourth-order valence-corrected chi connectivity index (χ4v) is 3.00. The number of aromatic nitrogens is 5. The zero-order valence-electron chi connectivity index (χ0n) is 14.9. The van der Waals surface area contributed by atoms with Gasteiger partial charge in [0, 0.05) is 12.6 Å². The van der Waals surface area contributed by atoms with Crippen molar-refractivity contribution in [3.8, 4) is 0 Å². The Labute approximate surface area is 162 Å². The molecule has 0 spiro atoms. The molecule has 0 saturated carbocycles. The maximum absolute atomic E-state index is 12.6. The molecule has 7 nitrogen and oxygen atoms in total. The van der Waals surface area contributed by atoms with E-state index in [4.69, 9.17) is 11.6 Å². The molecule has 3 aromatic rings. The van der Waals surface area contributed by atoms with Gasteiger partial charge in [0.05, 0.1) is 6.04 Å². The van der Waals surface area contributed by atoms with E-state index < -0.39 is 17.9 Å². The third-order valence-electron chi connectivity index (χ3n) is 4.24. The van der Waals surface area contributed by atoms with Gasteiger partial charge in [0.25, 0.3) is 5.91 Å². The molecule has 1 amide bonds. The van der Waals surface area contributed by atoms with Crippen LogP contribution < -0.4 is 5.32 Å². The molecule has 0 radical (unpaired) electrons. The van der Waals surface area contributed by atoms with Crippen molar-refractivity contribution in [1.82, 2.24) is 30.5 Å². The molecule has 3 heterocycles. The van der Waals surface area contributed by atoms with Crippen LogP contribution in [0.2, 0.25) is 5.15 Å². The Morgan fingerprint density at radius 2 is 2.07 bits per heavy atom. The first-order valence-corrected chi connectivity index (χ1v) is 8.59. The van der Waals surface area contributed by atoms with Gasteiger partial charge < -0.3 is 10.3 Å². The highest BCUT2D eigenvalue weighted by molar-refractivity contribution is 6.30. The third-order valence-corrected chi connectivity index (χ3v) is 4.56. The minimum Gasteiger partial charge on any atom is -0.341 e. The molecule has 1 unspecified atom stereocenters. The van der Waals surface area contributed by atoms with Gasteiger partial charge >= 0.3 is 6.18 Å². The molecule has 0 saturated heterocycles. The summed E-state index contributed by atoms with van der Waals surface area (Å²) >= 11 is 6.22. The molecule has 1 atom stereocenters. The molecule has 3 rings (SSSR count). The fraction of sp³-hybridized carbons (Fsp3) is 0.294. The number of carbonyl (C=O) groups is 1. The summed E-state index contributed by atoms with van der Waals surface area (Å²) in [6.45, 7) is 3.45. The Bertz CT molecular complexity index is 966. The predicted octanol–water partition coefficient (Wildman–Crippen LogP) is 3.59. The van der Waals surface area contributed by atoms with Crippen LogP contribution in [-0.4, -0.2) is 31.1 Å². The normalized spacial score (nSPS) is 12.8. The number of halogens is 4. The Kier molecular flexibility index (Phi) is 5.41. The molecule has 0 aromatic carbocycles. The van der Waals surface area contributed by atoms with E-state index in [2.05, 4.69) is 30.5 Å². The van der Waals surface area contributed by atoms with E-state index in [-0.39, 0.29) is 23.2 Å². The van der Waals surface area contributed by atoms with E-state index in [9.17, 15) is 18.0 Å². The second-order valence-electron chi connectivity index (χ2n) is 6.21. The fourth-order valence-electron chi connectivity index (χ4n) is 2.69. The number of alkyl halides is 3. The van der Waals surface area contributed by atoms with Gasteiger partial charge in [0.1, 0.15) is 28.7 Å². The number of carbonyl (C=O) groups excluding carboxylic acids is 1. The number of aromatic amines is 2. The lowest BCUT2D eigenvalue weighted by atomic mass is 10.0. The Balaban J connectivity index is 1.77. The zero-order valence-corrected chi connectivity index (χ0v) is 15.6. The SMILES string of the molecule is Cc1c(C(=O)NC(C)c2ncn[nH]2)[nH]c(Cl)c1Cc1ccc(C(F)(F)F)nc1. The summed E-state index contributed by atoms with van der Waals surface area (Å²) in [5, 5.41) is 9.42. The molecule has 0 aliphatic rings. The molecule has 0 aliphatic heterocycles. The first-order valence-electron chi connectivity index (χ1n) is 8.22. The van der Waals surface area contributed by atoms with Gasteiger partial charge in [0.15, 0.2) is 0 Å². The lowest BCUT2D eigenvalue weighted by Gasteiger charge is -2.11. The van der Waals surface area contributed by atoms with Crippen LogP contribution in [0, 0.1) is 6.92 Å². The van der Waals surface area contributed by atoms with Crippen LogP contribution in [0.4, 0.5) is 13.2 Å². The average Bonchev–Trinajstić information content (AvgIpc) is 3.26. The molecule has 0 fully saturated rings. The number of H-pyrrole nitrogens is 2. The van der Waals surface area contributed by atoms with Crippen molar-refractivity contribution in [2.75, 3.05) is 0 Å². The summed E-state index contributed by atoms with van der Waals surface area (Å²) in [5.74, 6) is 0.111. The van der Waals surface area contributed by atoms with E-state index in [1.165, 1.54) is 12.4 Å². The molecular formula is C17H16ClF3N6O. The Morgan fingerprint density at radius 1 is 1.32 bits per heavy atom. The van der Waals surface area contributed by atoms with Gasteiger partial charge in [-0.25, -0.2) is 4.98 Å². The highest BCUT2D eigenvalue weighted by Gasteiger charge is 2.32. The van der Waals surface area contributed by atoms with Crippen molar-refractivity contribution < 1.29 is 18.0 Å². The average molecular weight is 413 g/mol. The standard InChI is InChI=1S/C17H16ClF3N6O/c1-8-11(5-10-3-4-12(22-6-10)17(19,20)21)14(18)26-13(8)16(28)25-9(2)15-23-7-24-27-15/h3-4,6-7,9,26H,5H2,1-2H3,(H,25,28)(H,23,24,27). The van der Waals surface area contributed by atoms with Gasteiger partial charge in [-0.1, -0.05) is 17.7 Å². The summed E-state index contributed by atoms with van der Waals surface area (Å²) in [7, 11) is 0. The smallest absolute Gasteiger partial charge is 0.341 e. The summed E-state index contributed by atoms with van der Waals surface area (Å²) in [4.78, 5) is 22.8. The van der Waals surface area contributed by atoms with Crippen LogP contribution >= 0.6 is 11.6 Å². The number of amides is 1. The summed E-state index contributed by atoms with van der Waals surface area (Å²) in [5.41, 5.74) is 1.06. The largest absolute Gasteiger partial charge is 0.433 e. The van der Waals surface area contributed by atoms with Crippen LogP contribution in [0.25, 0.3) is 0 Å². The predicted molar refractivity (Wildman–Crippen MR) is 94.8 cm³/mol. The van der Waals surface area contributed by atoms with Crippen molar-refractivity contribution in [3.05, 3.63) is 63.7 Å². The van der Waals surface area contributed by atoms with Crippen LogP contribution in [0.1, 0.15) is 51.7 Å². The van der Waals surface area contributed by atoms with Crippen molar-refractivity contribution in [2.24, 2.45) is 0 Å². The number of hydrogen-bond donors (Lipinski definition) is 3. The van der Waals surface area contributed by atoms with Gasteiger partial charge in [0.2, 0.25) is 0 Å². The number of hydrogen-bond acceptors (Lipinski definition) is 4. The molecule has 0 bridgehead atoms. The van der Waals surface area contributed by atoms with E-state index in [1.807, 2.05) is 0 Å². The van der Waals surface area contributed by atoms with Crippen LogP contribution in [-0.2, 0) is 12.6 Å². The maximum atomic E-state index is 12.6. The molecular weight excluding hydrogens is 397 g/mol. The van der Waals surface area contributed by atoms with Crippen molar-refractivity contribution in [2.45, 2.75) is 32.5 Å². The Hall–Kier alpha value is -2.88. The van der Waals surface area contributed by atoms with Gasteiger partial charge in [-0.05, 0) is 36.6 Å². The lowest BCUT2D eigenvalue weighted by molar-refractivity contribution is -0.141. The quantitative estimate of drug-likeness (QED) is 0.596. The molecule has 0 aliphatic carbocycles. The first kappa shape index (κ1) is 19.9. The minimum atomic E-state index is -4.49. The second kappa shape index (κ2) is 7.63. The van der Waals surface area contributed by atoms with E-state index in [0.29, 0.717) is 22.5 Å². The van der Waals surface area contributed by atoms with E-state index in [0.717, 1.165) is 12.3 Å². The number of pyridine rings is 1. The van der Waals surface area contributed by atoms with Crippen molar-refractivity contribution in [1.29, 1.82) is 0 Å². The Morgan fingerprint density at radius 3 is 2.64 bits per heavy atom. The number of nitrogens with one attached hydrogen (secondary N) is 3. The highest BCUT2D eigenvalue weighted by Crippen LogP contribution is 2.29. The summed E-state index contributed by atoms with van der Waals surface area (Å²) in [6.07, 6.45) is -1.77. The van der Waals surface area contributed by atoms with Crippen LogP contribution in [0.3, 0.4) is 0 Å².